The maximum Gasteiger partial charge on any atom is 0.243 e. The fraction of sp³-hybridized carbons (Fsp3) is 0.364. The number of nitrogens with zero attached hydrogens (tertiary/aromatic N) is 1. The molecule has 7 nitrogen and oxygen atoms in total. The van der Waals surface area contributed by atoms with Crippen molar-refractivity contribution in [3.8, 4) is 11.5 Å². The standard InChI is InChI=1S/C22H29FN4O3.HI/c1-4-30-20-13-16(10-11-19(20)29-3)7-6-12-25-22(24-2)26-15-21(28)27-18-9-5-8-17(23)14-18;/h5,8-11,13-14H,4,6-7,12,15H2,1-3H3,(H,27,28)(H2,24,25,26);1H. The zero-order valence-corrected chi connectivity index (χ0v) is 20.4. The summed E-state index contributed by atoms with van der Waals surface area (Å²) in [4.78, 5) is 16.1. The van der Waals surface area contributed by atoms with Crippen LogP contribution in [0.5, 0.6) is 11.5 Å². The Bertz CT molecular complexity index is 864. The van der Waals surface area contributed by atoms with E-state index in [4.69, 9.17) is 9.47 Å². The molecule has 0 aliphatic carbocycles. The summed E-state index contributed by atoms with van der Waals surface area (Å²) in [5, 5.41) is 8.74. The Morgan fingerprint density at radius 2 is 1.94 bits per heavy atom. The number of halogens is 2. The number of guanidine groups is 1. The Morgan fingerprint density at radius 1 is 1.13 bits per heavy atom. The van der Waals surface area contributed by atoms with Gasteiger partial charge in [0.25, 0.3) is 0 Å². The number of hydrogen-bond acceptors (Lipinski definition) is 4. The van der Waals surface area contributed by atoms with Crippen LogP contribution in [0.4, 0.5) is 10.1 Å². The lowest BCUT2D eigenvalue weighted by Gasteiger charge is -2.13. The van der Waals surface area contributed by atoms with Gasteiger partial charge < -0.3 is 25.4 Å². The molecule has 170 valence electrons. The molecule has 2 aromatic carbocycles. The van der Waals surface area contributed by atoms with Crippen molar-refractivity contribution >= 4 is 41.5 Å². The largest absolute Gasteiger partial charge is 0.493 e. The van der Waals surface area contributed by atoms with Crippen LogP contribution in [0.1, 0.15) is 18.9 Å². The average molecular weight is 544 g/mol. The minimum Gasteiger partial charge on any atom is -0.493 e. The number of ether oxygens (including phenoxy) is 2. The van der Waals surface area contributed by atoms with E-state index in [1.54, 1.807) is 26.3 Å². The van der Waals surface area contributed by atoms with E-state index < -0.39 is 5.82 Å². The predicted octanol–water partition coefficient (Wildman–Crippen LogP) is 3.59. The zero-order valence-electron chi connectivity index (χ0n) is 18.0. The van der Waals surface area contributed by atoms with Gasteiger partial charge >= 0.3 is 0 Å². The summed E-state index contributed by atoms with van der Waals surface area (Å²) in [6.07, 6.45) is 1.72. The SMILES string of the molecule is CCOc1cc(CCCNC(=NC)NCC(=O)Nc2cccc(F)c2)ccc1OC.I. The van der Waals surface area contributed by atoms with E-state index in [9.17, 15) is 9.18 Å². The molecule has 3 N–H and O–H groups in total. The van der Waals surface area contributed by atoms with Gasteiger partial charge in [0.1, 0.15) is 5.82 Å². The van der Waals surface area contributed by atoms with Crippen LogP contribution in [0.3, 0.4) is 0 Å². The Labute approximate surface area is 199 Å². The molecule has 0 aliphatic heterocycles. The third kappa shape index (κ3) is 9.41. The van der Waals surface area contributed by atoms with E-state index in [2.05, 4.69) is 20.9 Å². The molecule has 0 radical (unpaired) electrons. The number of aryl methyl sites for hydroxylation is 1. The van der Waals surface area contributed by atoms with Crippen LogP contribution in [-0.4, -0.2) is 45.7 Å². The van der Waals surface area contributed by atoms with Gasteiger partial charge in [0.05, 0.1) is 20.3 Å². The number of nitrogens with one attached hydrogen (secondary N) is 3. The molecule has 0 fully saturated rings. The number of rotatable bonds is 10. The summed E-state index contributed by atoms with van der Waals surface area (Å²) >= 11 is 0. The molecule has 0 aromatic heterocycles. The average Bonchev–Trinajstić information content (AvgIpc) is 2.73. The van der Waals surface area contributed by atoms with Crippen LogP contribution in [-0.2, 0) is 11.2 Å². The molecule has 0 heterocycles. The fourth-order valence-corrected chi connectivity index (χ4v) is 2.80. The molecule has 2 aromatic rings. The first kappa shape index (κ1) is 26.5. The number of methoxy groups -OCH3 is 1. The monoisotopic (exact) mass is 544 g/mol. The molecule has 1 amide bonds. The molecule has 9 heteroatoms. The minimum atomic E-state index is -0.400. The second-order valence-electron chi connectivity index (χ2n) is 6.43. The van der Waals surface area contributed by atoms with Gasteiger partial charge in [-0.25, -0.2) is 4.39 Å². The van der Waals surface area contributed by atoms with E-state index in [-0.39, 0.29) is 36.4 Å². The van der Waals surface area contributed by atoms with Crippen molar-refractivity contribution in [3.63, 3.8) is 0 Å². The van der Waals surface area contributed by atoms with Crippen LogP contribution < -0.4 is 25.4 Å². The van der Waals surface area contributed by atoms with Crippen molar-refractivity contribution in [2.75, 3.05) is 39.2 Å². The van der Waals surface area contributed by atoms with Crippen molar-refractivity contribution in [1.82, 2.24) is 10.6 Å². The fourth-order valence-electron chi connectivity index (χ4n) is 2.80. The van der Waals surface area contributed by atoms with Gasteiger partial charge in [0.2, 0.25) is 5.91 Å². The van der Waals surface area contributed by atoms with Gasteiger partial charge in [0.15, 0.2) is 17.5 Å². The lowest BCUT2D eigenvalue weighted by molar-refractivity contribution is -0.115. The van der Waals surface area contributed by atoms with Crippen LogP contribution in [0.25, 0.3) is 0 Å². The number of benzene rings is 2. The van der Waals surface area contributed by atoms with Crippen molar-refractivity contribution in [2.45, 2.75) is 19.8 Å². The maximum absolute atomic E-state index is 13.2. The molecule has 0 saturated carbocycles. The van der Waals surface area contributed by atoms with Crippen LogP contribution in [0.2, 0.25) is 0 Å². The first-order valence-corrected chi connectivity index (χ1v) is 9.85. The summed E-state index contributed by atoms with van der Waals surface area (Å²) in [6, 6.07) is 11.7. The summed E-state index contributed by atoms with van der Waals surface area (Å²) in [7, 11) is 3.26. The van der Waals surface area contributed by atoms with Gasteiger partial charge in [-0.05, 0) is 55.7 Å². The topological polar surface area (TPSA) is 84.0 Å². The lowest BCUT2D eigenvalue weighted by atomic mass is 10.1. The van der Waals surface area contributed by atoms with Crippen molar-refractivity contribution in [3.05, 3.63) is 53.8 Å². The van der Waals surface area contributed by atoms with Crippen LogP contribution >= 0.6 is 24.0 Å². The molecule has 0 unspecified atom stereocenters. The Balaban J connectivity index is 0.00000480. The molecule has 0 bridgehead atoms. The van der Waals surface area contributed by atoms with E-state index in [1.807, 2.05) is 25.1 Å². The van der Waals surface area contributed by atoms with E-state index in [0.29, 0.717) is 24.8 Å². The summed E-state index contributed by atoms with van der Waals surface area (Å²) < 4.78 is 24.1. The number of carbonyl (C=O) groups is 1. The highest BCUT2D eigenvalue weighted by Crippen LogP contribution is 2.28. The van der Waals surface area contributed by atoms with Crippen molar-refractivity contribution in [1.29, 1.82) is 0 Å². The van der Waals surface area contributed by atoms with E-state index >= 15 is 0 Å². The van der Waals surface area contributed by atoms with Crippen LogP contribution in [0, 0.1) is 5.82 Å². The maximum atomic E-state index is 13.2. The number of anilines is 1. The molecule has 0 atom stereocenters. The smallest absolute Gasteiger partial charge is 0.243 e. The van der Waals surface area contributed by atoms with Gasteiger partial charge in [0, 0.05) is 19.3 Å². The predicted molar refractivity (Wildman–Crippen MR) is 132 cm³/mol. The van der Waals surface area contributed by atoms with Gasteiger partial charge in [-0.1, -0.05) is 12.1 Å². The summed E-state index contributed by atoms with van der Waals surface area (Å²) in [5.41, 5.74) is 1.56. The zero-order chi connectivity index (χ0) is 21.8. The highest BCUT2D eigenvalue weighted by atomic mass is 127. The molecular weight excluding hydrogens is 514 g/mol. The normalized spacial score (nSPS) is 10.6. The lowest BCUT2D eigenvalue weighted by Crippen LogP contribution is -2.41. The molecule has 0 saturated heterocycles. The second-order valence-corrected chi connectivity index (χ2v) is 6.43. The highest BCUT2D eigenvalue weighted by molar-refractivity contribution is 14.0. The molecule has 31 heavy (non-hydrogen) atoms. The molecule has 0 spiro atoms. The second kappa shape index (κ2) is 14.4. The van der Waals surface area contributed by atoms with Crippen LogP contribution in [0.15, 0.2) is 47.5 Å². The Kier molecular flexibility index (Phi) is 12.3. The van der Waals surface area contributed by atoms with Gasteiger partial charge in [-0.3, -0.25) is 9.79 Å². The quantitative estimate of drug-likeness (QED) is 0.184. The first-order valence-electron chi connectivity index (χ1n) is 9.85. The third-order valence-corrected chi connectivity index (χ3v) is 4.21. The minimum absolute atomic E-state index is 0. The third-order valence-electron chi connectivity index (χ3n) is 4.21. The van der Waals surface area contributed by atoms with Gasteiger partial charge in [-0.2, -0.15) is 0 Å². The first-order chi connectivity index (χ1) is 14.5. The Morgan fingerprint density at radius 3 is 2.61 bits per heavy atom. The highest BCUT2D eigenvalue weighted by Gasteiger charge is 2.07. The van der Waals surface area contributed by atoms with Crippen molar-refractivity contribution in [2.24, 2.45) is 4.99 Å². The molecule has 2 rings (SSSR count). The van der Waals surface area contributed by atoms with Crippen molar-refractivity contribution < 1.29 is 18.7 Å². The summed E-state index contributed by atoms with van der Waals surface area (Å²) in [6.45, 7) is 3.22. The number of carbonyl (C=O) groups excluding carboxylic acids is 1. The Hall–Kier alpha value is -2.56. The molecule has 0 aliphatic rings. The number of hydrogen-bond donors (Lipinski definition) is 3. The van der Waals surface area contributed by atoms with E-state index in [0.717, 1.165) is 29.9 Å². The number of amides is 1. The number of aliphatic imine (C=N–C) groups is 1. The van der Waals surface area contributed by atoms with Gasteiger partial charge in [-0.15, -0.1) is 24.0 Å². The van der Waals surface area contributed by atoms with E-state index in [1.165, 1.54) is 12.1 Å². The summed E-state index contributed by atoms with van der Waals surface area (Å²) in [5.74, 6) is 1.30. The molecular formula is C22H30FIN4O3.